The molecule has 6 heteroatoms. The second-order valence-electron chi connectivity index (χ2n) is 6.16. The summed E-state index contributed by atoms with van der Waals surface area (Å²) >= 11 is 5.93. The zero-order valence-corrected chi connectivity index (χ0v) is 14.6. The molecule has 126 valence electrons. The third-order valence-electron chi connectivity index (χ3n) is 4.59. The first-order valence-corrected chi connectivity index (χ1v) is 8.55. The predicted octanol–water partition coefficient (Wildman–Crippen LogP) is 3.43. The molecule has 3 aromatic rings. The van der Waals surface area contributed by atoms with Crippen LogP contribution in [-0.4, -0.2) is 32.3 Å². The van der Waals surface area contributed by atoms with Crippen LogP contribution >= 0.6 is 11.6 Å². The van der Waals surface area contributed by atoms with Crippen LogP contribution in [0.15, 0.2) is 48.5 Å². The molecule has 4 rings (SSSR count). The topological polar surface area (TPSA) is 51.0 Å². The van der Waals surface area contributed by atoms with Crippen LogP contribution in [-0.2, 0) is 13.0 Å². The van der Waals surface area contributed by atoms with Gasteiger partial charge in [0.2, 0.25) is 0 Å². The lowest BCUT2D eigenvalue weighted by Gasteiger charge is -2.28. The lowest BCUT2D eigenvalue weighted by molar-refractivity contribution is 0.0728. The maximum absolute atomic E-state index is 12.9. The van der Waals surface area contributed by atoms with Crippen molar-refractivity contribution >= 4 is 17.5 Å². The first-order chi connectivity index (χ1) is 12.1. The summed E-state index contributed by atoms with van der Waals surface area (Å²) in [5.41, 5.74) is 4.47. The average Bonchev–Trinajstić information content (AvgIpc) is 3.03. The number of rotatable bonds is 2. The number of nitrogens with zero attached hydrogens (tertiary/aromatic N) is 4. The summed E-state index contributed by atoms with van der Waals surface area (Å²) in [4.78, 5) is 14.8. The van der Waals surface area contributed by atoms with Crippen molar-refractivity contribution < 1.29 is 4.79 Å². The van der Waals surface area contributed by atoms with Crippen molar-refractivity contribution in [2.75, 3.05) is 6.54 Å². The van der Waals surface area contributed by atoms with Gasteiger partial charge in [-0.05, 0) is 48.7 Å². The van der Waals surface area contributed by atoms with Gasteiger partial charge in [-0.25, -0.2) is 4.68 Å². The minimum absolute atomic E-state index is 0.0767. The van der Waals surface area contributed by atoms with Crippen molar-refractivity contribution in [2.24, 2.45) is 0 Å². The maximum atomic E-state index is 12.9. The molecule has 1 aliphatic heterocycles. The quantitative estimate of drug-likeness (QED) is 0.710. The molecule has 5 nitrogen and oxygen atoms in total. The van der Waals surface area contributed by atoms with E-state index in [-0.39, 0.29) is 5.91 Å². The molecule has 0 spiro atoms. The van der Waals surface area contributed by atoms with Gasteiger partial charge < -0.3 is 4.90 Å². The van der Waals surface area contributed by atoms with E-state index >= 15 is 0 Å². The predicted molar refractivity (Wildman–Crippen MR) is 96.0 cm³/mol. The van der Waals surface area contributed by atoms with Crippen LogP contribution in [0.5, 0.6) is 0 Å². The Morgan fingerprint density at radius 2 is 1.80 bits per heavy atom. The van der Waals surface area contributed by atoms with Crippen LogP contribution in [0.3, 0.4) is 0 Å². The van der Waals surface area contributed by atoms with E-state index in [1.165, 1.54) is 11.1 Å². The second kappa shape index (κ2) is 6.33. The zero-order valence-electron chi connectivity index (χ0n) is 13.8. The highest BCUT2D eigenvalue weighted by Crippen LogP contribution is 2.21. The lowest BCUT2D eigenvalue weighted by atomic mass is 10.00. The smallest absolute Gasteiger partial charge is 0.276 e. The van der Waals surface area contributed by atoms with Crippen molar-refractivity contribution in [3.63, 3.8) is 0 Å². The van der Waals surface area contributed by atoms with Crippen molar-refractivity contribution in [1.82, 2.24) is 19.9 Å². The molecule has 1 aliphatic rings. The van der Waals surface area contributed by atoms with Crippen LogP contribution in [0, 0.1) is 6.92 Å². The van der Waals surface area contributed by atoms with E-state index in [2.05, 4.69) is 22.4 Å². The molecule has 0 saturated heterocycles. The summed E-state index contributed by atoms with van der Waals surface area (Å²) in [6.07, 6.45) is 0.867. The van der Waals surface area contributed by atoms with Crippen LogP contribution in [0.4, 0.5) is 0 Å². The van der Waals surface area contributed by atoms with Crippen LogP contribution in [0.2, 0.25) is 5.02 Å². The molecule has 0 unspecified atom stereocenters. The van der Waals surface area contributed by atoms with Gasteiger partial charge in [-0.1, -0.05) is 41.1 Å². The average molecular weight is 353 g/mol. The van der Waals surface area contributed by atoms with E-state index in [0.29, 0.717) is 23.8 Å². The van der Waals surface area contributed by atoms with Gasteiger partial charge in [0.05, 0.1) is 11.4 Å². The number of hydrogen-bond donors (Lipinski definition) is 0. The summed E-state index contributed by atoms with van der Waals surface area (Å²) in [5.74, 6) is -0.0767. The minimum Gasteiger partial charge on any atom is -0.333 e. The van der Waals surface area contributed by atoms with Crippen LogP contribution < -0.4 is 0 Å². The molecular formula is C19H17ClN4O. The molecular weight excluding hydrogens is 336 g/mol. The Balaban J connectivity index is 1.60. The van der Waals surface area contributed by atoms with Gasteiger partial charge in [0.1, 0.15) is 0 Å². The molecule has 0 radical (unpaired) electrons. The Morgan fingerprint density at radius 3 is 2.56 bits per heavy atom. The van der Waals surface area contributed by atoms with Gasteiger partial charge in [-0.15, -0.1) is 5.10 Å². The first kappa shape index (κ1) is 15.8. The summed E-state index contributed by atoms with van der Waals surface area (Å²) in [6, 6.07) is 15.5. The highest BCUT2D eigenvalue weighted by molar-refractivity contribution is 6.30. The van der Waals surface area contributed by atoms with Gasteiger partial charge in [-0.3, -0.25) is 4.79 Å². The molecule has 2 heterocycles. The third kappa shape index (κ3) is 2.91. The summed E-state index contributed by atoms with van der Waals surface area (Å²) in [5, 5.41) is 8.94. The maximum Gasteiger partial charge on any atom is 0.276 e. The molecule has 1 amide bonds. The number of amides is 1. The molecule has 0 saturated carbocycles. The highest BCUT2D eigenvalue weighted by atomic mass is 35.5. The van der Waals surface area contributed by atoms with Crippen molar-refractivity contribution in [2.45, 2.75) is 19.9 Å². The van der Waals surface area contributed by atoms with E-state index in [1.54, 1.807) is 16.8 Å². The monoisotopic (exact) mass is 352 g/mol. The standard InChI is InChI=1S/C19H17ClN4O/c1-13-18(21-22-24(13)17-8-6-16(20)7-9-17)19(25)23-11-10-14-4-2-3-5-15(14)12-23/h2-9H,10-12H2,1H3. The van der Waals surface area contributed by atoms with Crippen LogP contribution in [0.1, 0.15) is 27.3 Å². The summed E-state index contributed by atoms with van der Waals surface area (Å²) < 4.78 is 1.67. The second-order valence-corrected chi connectivity index (χ2v) is 6.59. The fourth-order valence-electron chi connectivity index (χ4n) is 3.17. The molecule has 0 N–H and O–H groups in total. The Labute approximate surface area is 150 Å². The molecule has 2 aromatic carbocycles. The Bertz CT molecular complexity index is 933. The number of fused-ring (bicyclic) bond motifs is 1. The van der Waals surface area contributed by atoms with E-state index in [1.807, 2.05) is 36.1 Å². The molecule has 25 heavy (non-hydrogen) atoms. The highest BCUT2D eigenvalue weighted by Gasteiger charge is 2.26. The van der Waals surface area contributed by atoms with Crippen LogP contribution in [0.25, 0.3) is 5.69 Å². The number of aromatic nitrogens is 3. The fraction of sp³-hybridized carbons (Fsp3) is 0.211. The number of carbonyl (C=O) groups is 1. The van der Waals surface area contributed by atoms with Gasteiger partial charge in [0, 0.05) is 18.1 Å². The molecule has 0 atom stereocenters. The normalized spacial score (nSPS) is 13.6. The number of benzene rings is 2. The lowest BCUT2D eigenvalue weighted by Crippen LogP contribution is -2.36. The third-order valence-corrected chi connectivity index (χ3v) is 4.84. The van der Waals surface area contributed by atoms with E-state index in [0.717, 1.165) is 17.8 Å². The minimum atomic E-state index is -0.0767. The Kier molecular flexibility index (Phi) is 4.01. The number of halogens is 1. The summed E-state index contributed by atoms with van der Waals surface area (Å²) in [6.45, 7) is 3.17. The SMILES string of the molecule is Cc1c(C(=O)N2CCc3ccccc3C2)nnn1-c1ccc(Cl)cc1. The van der Waals surface area contributed by atoms with E-state index < -0.39 is 0 Å². The van der Waals surface area contributed by atoms with Crippen molar-refractivity contribution in [3.05, 3.63) is 76.1 Å². The number of carbonyl (C=O) groups excluding carboxylic acids is 1. The fourth-order valence-corrected chi connectivity index (χ4v) is 3.30. The number of hydrogen-bond acceptors (Lipinski definition) is 3. The largest absolute Gasteiger partial charge is 0.333 e. The molecule has 0 fully saturated rings. The Hall–Kier alpha value is -2.66. The van der Waals surface area contributed by atoms with E-state index in [4.69, 9.17) is 11.6 Å². The van der Waals surface area contributed by atoms with E-state index in [9.17, 15) is 4.79 Å². The van der Waals surface area contributed by atoms with Crippen molar-refractivity contribution in [3.8, 4) is 5.69 Å². The zero-order chi connectivity index (χ0) is 17.4. The molecule has 1 aromatic heterocycles. The Morgan fingerprint density at radius 1 is 1.08 bits per heavy atom. The van der Waals surface area contributed by atoms with Gasteiger partial charge in [-0.2, -0.15) is 0 Å². The molecule has 0 bridgehead atoms. The van der Waals surface area contributed by atoms with Gasteiger partial charge >= 0.3 is 0 Å². The van der Waals surface area contributed by atoms with Gasteiger partial charge in [0.25, 0.3) is 5.91 Å². The first-order valence-electron chi connectivity index (χ1n) is 8.18. The van der Waals surface area contributed by atoms with Gasteiger partial charge in [0.15, 0.2) is 5.69 Å². The summed E-state index contributed by atoms with van der Waals surface area (Å²) in [7, 11) is 0. The molecule has 0 aliphatic carbocycles. The van der Waals surface area contributed by atoms with Crippen molar-refractivity contribution in [1.29, 1.82) is 0 Å².